The van der Waals surface area contributed by atoms with Gasteiger partial charge < -0.3 is 34.2 Å². The number of unbranched alkanes of at least 4 members (excludes halogenated alkanes) is 1. The lowest BCUT2D eigenvalue weighted by Crippen LogP contribution is -2.65. The number of aliphatic hydroxyl groups excluding tert-OH is 1. The number of piperazine rings is 1. The molecule has 1 aliphatic carbocycles. The van der Waals surface area contributed by atoms with E-state index in [1.54, 1.807) is 32.8 Å². The molecule has 11 heteroatoms. The average molecular weight is 650 g/mol. The second-order valence-corrected chi connectivity index (χ2v) is 13.6. The molecule has 2 aliphatic heterocycles. The predicted molar refractivity (Wildman–Crippen MR) is 176 cm³/mol. The van der Waals surface area contributed by atoms with Gasteiger partial charge in [-0.1, -0.05) is 24.3 Å². The van der Waals surface area contributed by atoms with Gasteiger partial charge in [0.25, 0.3) is 5.91 Å². The van der Waals surface area contributed by atoms with Crippen LogP contribution in [0.3, 0.4) is 0 Å². The summed E-state index contributed by atoms with van der Waals surface area (Å²) in [7, 11) is 1.62. The largest absolute Gasteiger partial charge is 0.496 e. The van der Waals surface area contributed by atoms with Crippen LogP contribution in [0.15, 0.2) is 48.0 Å². The molecule has 2 bridgehead atoms. The van der Waals surface area contributed by atoms with E-state index in [0.717, 1.165) is 40.9 Å². The average Bonchev–Trinajstić information content (AvgIpc) is 3.86. The van der Waals surface area contributed by atoms with Gasteiger partial charge in [0.1, 0.15) is 17.1 Å². The summed E-state index contributed by atoms with van der Waals surface area (Å²) in [5.74, 6) is 1.13. The number of carbonyl (C=O) groups excluding carboxylic acids is 2. The summed E-state index contributed by atoms with van der Waals surface area (Å²) < 4.78 is 17.2. The summed E-state index contributed by atoms with van der Waals surface area (Å²) in [6.45, 7) is 8.36. The first-order valence-electron chi connectivity index (χ1n) is 16.4. The molecule has 0 aromatic heterocycles. The van der Waals surface area contributed by atoms with Gasteiger partial charge in [0.05, 0.1) is 25.8 Å². The van der Waals surface area contributed by atoms with E-state index in [0.29, 0.717) is 37.3 Å². The van der Waals surface area contributed by atoms with Gasteiger partial charge in [0, 0.05) is 37.9 Å². The van der Waals surface area contributed by atoms with E-state index in [9.17, 15) is 19.5 Å². The van der Waals surface area contributed by atoms with Crippen LogP contribution in [0.4, 0.5) is 9.59 Å². The fourth-order valence-corrected chi connectivity index (χ4v) is 6.54. The van der Waals surface area contributed by atoms with E-state index < -0.39 is 29.9 Å². The summed E-state index contributed by atoms with van der Waals surface area (Å²) in [6, 6.07) is 11.9. The Morgan fingerprint density at radius 1 is 1.04 bits per heavy atom. The Hall–Kier alpha value is -4.25. The Bertz CT molecular complexity index is 1510. The molecule has 2 atom stereocenters. The van der Waals surface area contributed by atoms with Gasteiger partial charge in [-0.25, -0.2) is 9.59 Å². The molecule has 11 nitrogen and oxygen atoms in total. The second kappa shape index (κ2) is 14.3. The van der Waals surface area contributed by atoms with Crippen LogP contribution in [0.1, 0.15) is 69.6 Å². The molecule has 1 saturated heterocycles. The molecule has 3 amide bonds. The number of carbonyl (C=O) groups is 3. The molecule has 2 N–H and O–H groups in total. The molecule has 0 spiro atoms. The lowest BCUT2D eigenvalue weighted by atomic mass is 9.81. The van der Waals surface area contributed by atoms with Gasteiger partial charge >= 0.3 is 12.2 Å². The van der Waals surface area contributed by atoms with Crippen LogP contribution in [0.5, 0.6) is 11.5 Å². The molecule has 2 aromatic carbocycles. The molecular weight excluding hydrogens is 602 g/mol. The second-order valence-electron chi connectivity index (χ2n) is 13.6. The number of methoxy groups -OCH3 is 1. The summed E-state index contributed by atoms with van der Waals surface area (Å²) in [6.07, 6.45) is 1.63. The van der Waals surface area contributed by atoms with E-state index in [-0.39, 0.29) is 38.1 Å². The topological polar surface area (TPSA) is 129 Å². The Balaban J connectivity index is 1.59. The third-order valence-corrected chi connectivity index (χ3v) is 8.96. The van der Waals surface area contributed by atoms with Gasteiger partial charge in [-0.15, -0.1) is 0 Å². The number of amides is 3. The van der Waals surface area contributed by atoms with Crippen molar-refractivity contribution in [1.29, 1.82) is 0 Å². The van der Waals surface area contributed by atoms with Crippen LogP contribution in [0.2, 0.25) is 0 Å². The highest BCUT2D eigenvalue weighted by Crippen LogP contribution is 2.42. The van der Waals surface area contributed by atoms with Crippen molar-refractivity contribution in [2.75, 3.05) is 33.4 Å². The van der Waals surface area contributed by atoms with Crippen LogP contribution in [0, 0.1) is 6.92 Å². The molecule has 47 heavy (non-hydrogen) atoms. The first-order valence-corrected chi connectivity index (χ1v) is 16.4. The quantitative estimate of drug-likeness (QED) is 0.307. The zero-order chi connectivity index (χ0) is 33.9. The molecule has 2 aromatic rings. The number of aliphatic hydroxyl groups is 1. The Kier molecular flexibility index (Phi) is 10.3. The van der Waals surface area contributed by atoms with Crippen molar-refractivity contribution in [3.05, 3.63) is 64.7 Å². The van der Waals surface area contributed by atoms with E-state index in [1.165, 1.54) is 4.90 Å². The molecule has 0 radical (unpaired) electrons. The minimum atomic E-state index is -1.13. The lowest BCUT2D eigenvalue weighted by Gasteiger charge is -2.50. The van der Waals surface area contributed by atoms with Crippen LogP contribution >= 0.6 is 0 Å². The van der Waals surface area contributed by atoms with Crippen LogP contribution in [0.25, 0.3) is 5.57 Å². The molecular formula is C36H47N3O8. The maximum absolute atomic E-state index is 15.0. The molecule has 1 saturated carbocycles. The van der Waals surface area contributed by atoms with Crippen molar-refractivity contribution < 1.29 is 38.8 Å². The standard InChI is InChI=1S/C36H47N3O8/c1-23-25(11-9-13-31(23)45-5)20-38(26-14-15-26)33(41)32-29(24-10-8-12-28(18-24)46-17-7-6-16-40)19-27-21-37(35(44)47-36(2,3)4)22-30(32)39(27)34(42)43/h8-13,18,26-27,30,40H,6-7,14-17,19-22H2,1-5H3,(H,42,43)/t27?,30-/m1/s1. The molecule has 3 aliphatic rings. The number of hydrogen-bond donors (Lipinski definition) is 2. The minimum Gasteiger partial charge on any atom is -0.496 e. The molecule has 5 rings (SSSR count). The number of nitrogens with zero attached hydrogens (tertiary/aromatic N) is 3. The highest BCUT2D eigenvalue weighted by Gasteiger charge is 2.50. The highest BCUT2D eigenvalue weighted by molar-refractivity contribution is 6.04. The summed E-state index contributed by atoms with van der Waals surface area (Å²) in [5, 5.41) is 19.6. The van der Waals surface area contributed by atoms with E-state index in [1.807, 2.05) is 54.3 Å². The van der Waals surface area contributed by atoms with Gasteiger partial charge in [-0.05, 0) is 100 Å². The van der Waals surface area contributed by atoms with Gasteiger partial charge in [-0.3, -0.25) is 9.69 Å². The first-order chi connectivity index (χ1) is 22.4. The number of ether oxygens (including phenoxy) is 3. The number of benzene rings is 2. The van der Waals surface area contributed by atoms with Gasteiger partial charge in [0.2, 0.25) is 0 Å². The Labute approximate surface area is 276 Å². The number of fused-ring (bicyclic) bond motifs is 2. The van der Waals surface area contributed by atoms with Crippen LogP contribution in [-0.2, 0) is 16.1 Å². The molecule has 2 heterocycles. The van der Waals surface area contributed by atoms with Gasteiger partial charge in [0.15, 0.2) is 0 Å². The van der Waals surface area contributed by atoms with Crippen molar-refractivity contribution >= 4 is 23.7 Å². The monoisotopic (exact) mass is 649 g/mol. The molecule has 254 valence electrons. The normalized spacial score (nSPS) is 19.4. The van der Waals surface area contributed by atoms with Crippen molar-refractivity contribution in [1.82, 2.24) is 14.7 Å². The third kappa shape index (κ3) is 7.84. The van der Waals surface area contributed by atoms with Crippen molar-refractivity contribution in [2.45, 2.75) is 90.1 Å². The summed E-state index contributed by atoms with van der Waals surface area (Å²) in [4.78, 5) is 45.9. The smallest absolute Gasteiger partial charge is 0.410 e. The maximum atomic E-state index is 15.0. The van der Waals surface area contributed by atoms with Crippen molar-refractivity contribution in [3.8, 4) is 11.5 Å². The van der Waals surface area contributed by atoms with E-state index in [4.69, 9.17) is 19.3 Å². The highest BCUT2D eigenvalue weighted by atomic mass is 16.6. The Morgan fingerprint density at radius 2 is 1.79 bits per heavy atom. The fraction of sp³-hybridized carbons (Fsp3) is 0.528. The number of rotatable bonds is 11. The maximum Gasteiger partial charge on any atom is 0.410 e. The first kappa shape index (κ1) is 34.1. The van der Waals surface area contributed by atoms with Crippen LogP contribution < -0.4 is 9.47 Å². The summed E-state index contributed by atoms with van der Waals surface area (Å²) >= 11 is 0. The van der Waals surface area contributed by atoms with Crippen LogP contribution in [-0.4, -0.2) is 100 Å². The van der Waals surface area contributed by atoms with E-state index >= 15 is 0 Å². The SMILES string of the molecule is COc1cccc(CN(C(=O)C2=C(c3cccc(OCCCCO)c3)CC3CN(C(=O)OC(C)(C)C)C[C@H]2N3C(=O)O)C2CC2)c1C. The van der Waals surface area contributed by atoms with Gasteiger partial charge in [-0.2, -0.15) is 0 Å². The van der Waals surface area contributed by atoms with E-state index in [2.05, 4.69) is 0 Å². The fourth-order valence-electron chi connectivity index (χ4n) is 6.54. The van der Waals surface area contributed by atoms with Crippen molar-refractivity contribution in [2.24, 2.45) is 0 Å². The number of carboxylic acid groups (broad SMARTS) is 1. The molecule has 1 unspecified atom stereocenters. The Morgan fingerprint density at radius 3 is 2.45 bits per heavy atom. The summed E-state index contributed by atoms with van der Waals surface area (Å²) in [5.41, 5.74) is 3.09. The van der Waals surface area contributed by atoms with Crippen molar-refractivity contribution in [3.63, 3.8) is 0 Å². The zero-order valence-electron chi connectivity index (χ0n) is 28.0. The molecule has 2 fully saturated rings. The predicted octanol–water partition coefficient (Wildman–Crippen LogP) is 5.47. The number of hydrogen-bond acceptors (Lipinski definition) is 7. The zero-order valence-corrected chi connectivity index (χ0v) is 28.0. The lowest BCUT2D eigenvalue weighted by molar-refractivity contribution is -0.129. The minimum absolute atomic E-state index is 0.00364. The third-order valence-electron chi connectivity index (χ3n) is 8.96.